The van der Waals surface area contributed by atoms with E-state index in [1.165, 1.54) is 6.07 Å². The summed E-state index contributed by atoms with van der Waals surface area (Å²) in [4.78, 5) is 23.4. The van der Waals surface area contributed by atoms with Crippen LogP contribution in [0.15, 0.2) is 97.3 Å². The molecule has 3 heterocycles. The number of carbonyl (C=O) groups excluding carboxylic acids is 1. The zero-order valence-corrected chi connectivity index (χ0v) is 25.6. The van der Waals surface area contributed by atoms with Crippen LogP contribution in [0.4, 0.5) is 9.18 Å². The number of rotatable bonds is 8. The smallest absolute Gasteiger partial charge is 0.410 e. The van der Waals surface area contributed by atoms with Crippen molar-refractivity contribution in [3.8, 4) is 17.4 Å². The summed E-state index contributed by atoms with van der Waals surface area (Å²) in [7, 11) is 0. The van der Waals surface area contributed by atoms with Gasteiger partial charge >= 0.3 is 6.09 Å². The van der Waals surface area contributed by atoms with Crippen molar-refractivity contribution in [3.05, 3.63) is 120 Å². The largest absolute Gasteiger partial charge is 0.473 e. The van der Waals surface area contributed by atoms with Gasteiger partial charge < -0.3 is 19.1 Å². The second-order valence-corrected chi connectivity index (χ2v) is 11.9. The molecule has 0 fully saturated rings. The molecule has 0 saturated carbocycles. The Balaban J connectivity index is 1.27. The van der Waals surface area contributed by atoms with Crippen LogP contribution in [-0.4, -0.2) is 44.2 Å². The van der Waals surface area contributed by atoms with Gasteiger partial charge in [-0.2, -0.15) is 4.98 Å². The summed E-state index contributed by atoms with van der Waals surface area (Å²) in [6.07, 6.45) is 3.66. The molecule has 0 bridgehead atoms. The first-order valence-electron chi connectivity index (χ1n) is 14.9. The lowest BCUT2D eigenvalue weighted by Crippen LogP contribution is -2.39. The third-order valence-corrected chi connectivity index (χ3v) is 7.36. The number of hydrogen-bond donors (Lipinski definition) is 0. The van der Waals surface area contributed by atoms with Crippen molar-refractivity contribution < 1.29 is 23.4 Å². The SMILES string of the molecule is CC(C)(C)OC(=O)N1CC=C(c2cc3ncn(-c4ccc(OCc5ccccc5)nc4OCc4ccccc4)c3cc2F)CC1. The van der Waals surface area contributed by atoms with Crippen LogP contribution < -0.4 is 9.47 Å². The fourth-order valence-corrected chi connectivity index (χ4v) is 5.12. The first-order valence-corrected chi connectivity index (χ1v) is 14.9. The van der Waals surface area contributed by atoms with E-state index in [1.54, 1.807) is 27.9 Å². The van der Waals surface area contributed by atoms with Crippen LogP contribution in [0.3, 0.4) is 0 Å². The zero-order valence-electron chi connectivity index (χ0n) is 25.6. The molecule has 1 aliphatic heterocycles. The quantitative estimate of drug-likeness (QED) is 0.180. The average Bonchev–Trinajstić information content (AvgIpc) is 3.45. The summed E-state index contributed by atoms with van der Waals surface area (Å²) in [5.41, 5.74) is 4.54. The fraction of sp³-hybridized carbons (Fsp3) is 0.250. The van der Waals surface area contributed by atoms with E-state index in [9.17, 15) is 4.79 Å². The molecule has 9 heteroatoms. The summed E-state index contributed by atoms with van der Waals surface area (Å²) in [6, 6.07) is 26.5. The number of ether oxygens (including phenoxy) is 3. The van der Waals surface area contributed by atoms with E-state index in [-0.39, 0.29) is 11.9 Å². The van der Waals surface area contributed by atoms with Gasteiger partial charge in [-0.15, -0.1) is 0 Å². The van der Waals surface area contributed by atoms with Crippen molar-refractivity contribution in [3.63, 3.8) is 0 Å². The third kappa shape index (κ3) is 7.15. The topological polar surface area (TPSA) is 78.7 Å². The number of benzene rings is 3. The number of aromatic nitrogens is 3. The second kappa shape index (κ2) is 12.8. The van der Waals surface area contributed by atoms with Crippen molar-refractivity contribution in [2.45, 2.75) is 46.0 Å². The van der Waals surface area contributed by atoms with Crippen molar-refractivity contribution in [1.29, 1.82) is 0 Å². The van der Waals surface area contributed by atoms with Crippen LogP contribution in [-0.2, 0) is 18.0 Å². The van der Waals surface area contributed by atoms with Gasteiger partial charge in [0.25, 0.3) is 0 Å². The van der Waals surface area contributed by atoms with Crippen LogP contribution in [0.1, 0.15) is 43.9 Å². The molecule has 0 spiro atoms. The first kappa shape index (κ1) is 29.9. The molecule has 0 atom stereocenters. The van der Waals surface area contributed by atoms with Crippen LogP contribution in [0.2, 0.25) is 0 Å². The fourth-order valence-electron chi connectivity index (χ4n) is 5.12. The lowest BCUT2D eigenvalue weighted by atomic mass is 9.98. The number of pyridine rings is 1. The number of hydrogen-bond acceptors (Lipinski definition) is 6. The first-order chi connectivity index (χ1) is 21.7. The highest BCUT2D eigenvalue weighted by atomic mass is 19.1. The molecule has 6 rings (SSSR count). The maximum atomic E-state index is 15.7. The van der Waals surface area contributed by atoms with Crippen molar-refractivity contribution in [2.24, 2.45) is 0 Å². The monoisotopic (exact) mass is 606 g/mol. The van der Waals surface area contributed by atoms with Gasteiger partial charge in [0.2, 0.25) is 11.8 Å². The second-order valence-electron chi connectivity index (χ2n) is 11.9. The molecule has 0 unspecified atom stereocenters. The van der Waals surface area contributed by atoms with E-state index in [4.69, 9.17) is 14.2 Å². The predicted octanol–water partition coefficient (Wildman–Crippen LogP) is 7.74. The van der Waals surface area contributed by atoms with Gasteiger partial charge in [0.05, 0.1) is 11.0 Å². The lowest BCUT2D eigenvalue weighted by Gasteiger charge is -2.29. The molecule has 0 radical (unpaired) electrons. The molecule has 1 aliphatic rings. The highest BCUT2D eigenvalue weighted by molar-refractivity contribution is 5.84. The van der Waals surface area contributed by atoms with Gasteiger partial charge in [-0.1, -0.05) is 66.7 Å². The number of fused-ring (bicyclic) bond motifs is 1. The van der Waals surface area contributed by atoms with Crippen molar-refractivity contribution in [2.75, 3.05) is 13.1 Å². The van der Waals surface area contributed by atoms with E-state index < -0.39 is 5.60 Å². The average molecular weight is 607 g/mol. The molecular weight excluding hydrogens is 571 g/mol. The molecular formula is C36H35FN4O4. The van der Waals surface area contributed by atoms with Gasteiger partial charge in [0.15, 0.2) is 0 Å². The van der Waals surface area contributed by atoms with Crippen molar-refractivity contribution >= 4 is 22.7 Å². The molecule has 5 aromatic rings. The van der Waals surface area contributed by atoms with Crippen LogP contribution in [0.25, 0.3) is 22.3 Å². The molecule has 1 amide bonds. The van der Waals surface area contributed by atoms with Crippen LogP contribution in [0.5, 0.6) is 11.8 Å². The Bertz CT molecular complexity index is 1830. The van der Waals surface area contributed by atoms with Crippen molar-refractivity contribution in [1.82, 2.24) is 19.4 Å². The lowest BCUT2D eigenvalue weighted by molar-refractivity contribution is 0.0270. The Kier molecular flexibility index (Phi) is 8.51. The summed E-state index contributed by atoms with van der Waals surface area (Å²) in [5.74, 6) is 0.377. The van der Waals surface area contributed by atoms with Crippen LogP contribution >= 0.6 is 0 Å². The van der Waals surface area contributed by atoms with E-state index in [0.29, 0.717) is 66.8 Å². The summed E-state index contributed by atoms with van der Waals surface area (Å²) < 4.78 is 35.1. The number of amides is 1. The Morgan fingerprint density at radius 2 is 1.60 bits per heavy atom. The van der Waals surface area contributed by atoms with Gasteiger partial charge in [0, 0.05) is 30.8 Å². The summed E-state index contributed by atoms with van der Waals surface area (Å²) >= 11 is 0. The molecule has 0 saturated heterocycles. The maximum absolute atomic E-state index is 15.7. The predicted molar refractivity (Wildman–Crippen MR) is 171 cm³/mol. The van der Waals surface area contributed by atoms with E-state index >= 15 is 4.39 Å². The number of imidazole rings is 1. The van der Waals surface area contributed by atoms with Gasteiger partial charge in [-0.3, -0.25) is 4.57 Å². The minimum absolute atomic E-state index is 0.294. The van der Waals surface area contributed by atoms with Gasteiger partial charge in [0.1, 0.15) is 36.6 Å². The third-order valence-electron chi connectivity index (χ3n) is 7.36. The van der Waals surface area contributed by atoms with Crippen LogP contribution in [0, 0.1) is 5.82 Å². The van der Waals surface area contributed by atoms with Gasteiger partial charge in [-0.25, -0.2) is 14.2 Å². The highest BCUT2D eigenvalue weighted by Crippen LogP contribution is 2.32. The number of carbonyl (C=O) groups is 1. The number of halogens is 1. The molecule has 2 aromatic heterocycles. The maximum Gasteiger partial charge on any atom is 0.410 e. The summed E-state index contributed by atoms with van der Waals surface area (Å²) in [5, 5.41) is 0. The standard InChI is InChI=1S/C36H35FN4O4/c1-36(2,3)45-35(42)40-18-16-27(17-19-40)28-20-30-32(21-29(28)37)41(24-38-30)31-14-15-33(43-22-25-10-6-4-7-11-25)39-34(31)44-23-26-12-8-5-9-13-26/h4-16,20-21,24H,17-19,22-23H2,1-3H3. The molecule has 230 valence electrons. The van der Waals surface area contributed by atoms with Gasteiger partial charge in [-0.05, 0) is 56.0 Å². The Hall–Kier alpha value is -5.18. The summed E-state index contributed by atoms with van der Waals surface area (Å²) in [6.45, 7) is 6.95. The normalized spacial score (nSPS) is 13.4. The Morgan fingerprint density at radius 1 is 0.911 bits per heavy atom. The van der Waals surface area contributed by atoms with E-state index in [2.05, 4.69) is 9.97 Å². The number of nitrogens with zero attached hydrogens (tertiary/aromatic N) is 4. The minimum atomic E-state index is -0.575. The molecule has 45 heavy (non-hydrogen) atoms. The highest BCUT2D eigenvalue weighted by Gasteiger charge is 2.25. The Morgan fingerprint density at radius 3 is 2.24 bits per heavy atom. The molecule has 8 nitrogen and oxygen atoms in total. The van der Waals surface area contributed by atoms with E-state index in [0.717, 1.165) is 16.7 Å². The molecule has 0 aliphatic carbocycles. The molecule has 3 aromatic carbocycles. The zero-order chi connectivity index (χ0) is 31.4. The van der Waals surface area contributed by atoms with E-state index in [1.807, 2.05) is 93.6 Å². The Labute approximate surface area is 261 Å². The molecule has 0 N–H and O–H groups in total. The minimum Gasteiger partial charge on any atom is -0.473 e.